The van der Waals surface area contributed by atoms with E-state index in [1.54, 1.807) is 12.1 Å². The second-order valence-electron chi connectivity index (χ2n) is 10.1. The summed E-state index contributed by atoms with van der Waals surface area (Å²) < 4.78 is 0. The van der Waals surface area contributed by atoms with Gasteiger partial charge in [0.2, 0.25) is 11.8 Å². The number of piperazine rings is 1. The molecule has 0 aromatic heterocycles. The largest absolute Gasteiger partial charge is 0.368 e. The van der Waals surface area contributed by atoms with E-state index in [1.807, 2.05) is 65.6 Å². The van der Waals surface area contributed by atoms with Gasteiger partial charge in [-0.25, -0.2) is 0 Å². The van der Waals surface area contributed by atoms with Crippen molar-refractivity contribution in [2.45, 2.75) is 37.8 Å². The van der Waals surface area contributed by atoms with Gasteiger partial charge in [-0.2, -0.15) is 0 Å². The number of carbonyl (C=O) groups is 3. The summed E-state index contributed by atoms with van der Waals surface area (Å²) >= 11 is 0. The number of nitrogens with zero attached hydrogens (tertiary/aromatic N) is 2. The fraction of sp³-hybridized carbons (Fsp3) is 0.367. The Morgan fingerprint density at radius 3 is 2.22 bits per heavy atom. The van der Waals surface area contributed by atoms with E-state index in [9.17, 15) is 14.4 Å². The molecule has 0 bridgehead atoms. The summed E-state index contributed by atoms with van der Waals surface area (Å²) in [4.78, 5) is 43.0. The monoisotopic (exact) mass is 498 g/mol. The van der Waals surface area contributed by atoms with Crippen LogP contribution in [0.4, 0.5) is 0 Å². The first-order valence-corrected chi connectivity index (χ1v) is 13.2. The molecule has 37 heavy (non-hydrogen) atoms. The quantitative estimate of drug-likeness (QED) is 0.544. The molecule has 7 heteroatoms. The predicted octanol–water partition coefficient (Wildman–Crippen LogP) is 3.50. The third-order valence-electron chi connectivity index (χ3n) is 7.84. The number of benzene rings is 3. The van der Waals surface area contributed by atoms with Crippen molar-refractivity contribution < 1.29 is 14.4 Å². The molecule has 0 unspecified atom stereocenters. The molecule has 0 spiro atoms. The Labute approximate surface area is 217 Å². The minimum Gasteiger partial charge on any atom is -0.368 e. The third kappa shape index (κ3) is 5.52. The Kier molecular flexibility index (Phi) is 7.51. The summed E-state index contributed by atoms with van der Waals surface area (Å²) in [7, 11) is 0. The van der Waals surface area contributed by atoms with Crippen molar-refractivity contribution in [1.29, 1.82) is 0 Å². The van der Waals surface area contributed by atoms with E-state index in [4.69, 9.17) is 5.73 Å². The van der Waals surface area contributed by atoms with Crippen LogP contribution in [0.1, 0.15) is 47.6 Å². The maximum absolute atomic E-state index is 13.4. The average molecular weight is 499 g/mol. The van der Waals surface area contributed by atoms with Crippen LogP contribution in [0, 0.1) is 5.92 Å². The zero-order chi connectivity index (χ0) is 25.8. The standard InChI is InChI=1S/C30H34N4O3/c31-28(35)27(22-9-2-1-3-10-22)32-29(36)25-12-6-7-13-26(25)33-16-18-34(19-17-33)30(37)24-15-14-21-8-4-5-11-23(21)20-24/h1-5,8-11,14-15,20,25-27H,6-7,12-13,16-19H2,(H2,31,35)(H,32,36)/t25-,26-,27+/m1/s1. The van der Waals surface area contributed by atoms with Crippen molar-refractivity contribution in [3.05, 3.63) is 83.9 Å². The molecule has 5 rings (SSSR count). The highest BCUT2D eigenvalue weighted by Gasteiger charge is 2.38. The van der Waals surface area contributed by atoms with Gasteiger partial charge in [0.1, 0.15) is 6.04 Å². The molecule has 2 fully saturated rings. The zero-order valence-corrected chi connectivity index (χ0v) is 21.0. The molecule has 1 saturated carbocycles. The van der Waals surface area contributed by atoms with Crippen LogP contribution in [0.3, 0.4) is 0 Å². The van der Waals surface area contributed by atoms with Gasteiger partial charge in [-0.15, -0.1) is 0 Å². The van der Waals surface area contributed by atoms with Gasteiger partial charge >= 0.3 is 0 Å². The first-order valence-electron chi connectivity index (χ1n) is 13.2. The molecule has 1 aliphatic heterocycles. The SMILES string of the molecule is NC(=O)[C@@H](NC(=O)[C@@H]1CCCC[C@H]1N1CCN(C(=O)c2ccc3ccccc3c2)CC1)c1ccccc1. The molecule has 3 N–H and O–H groups in total. The number of hydrogen-bond acceptors (Lipinski definition) is 4. The number of rotatable bonds is 6. The Bertz CT molecular complexity index is 1270. The van der Waals surface area contributed by atoms with Gasteiger partial charge < -0.3 is 16.0 Å². The number of amides is 3. The van der Waals surface area contributed by atoms with Gasteiger partial charge in [-0.3, -0.25) is 19.3 Å². The number of primary amides is 1. The second-order valence-corrected chi connectivity index (χ2v) is 10.1. The molecule has 3 aromatic carbocycles. The third-order valence-corrected chi connectivity index (χ3v) is 7.84. The lowest BCUT2D eigenvalue weighted by atomic mass is 9.82. The first-order chi connectivity index (χ1) is 18.0. The lowest BCUT2D eigenvalue weighted by molar-refractivity contribution is -0.133. The Morgan fingerprint density at radius 1 is 0.811 bits per heavy atom. The number of hydrogen-bond donors (Lipinski definition) is 2. The highest BCUT2D eigenvalue weighted by molar-refractivity contribution is 5.98. The van der Waals surface area contributed by atoms with Crippen LogP contribution < -0.4 is 11.1 Å². The molecule has 1 aliphatic carbocycles. The zero-order valence-electron chi connectivity index (χ0n) is 21.0. The molecule has 3 aromatic rings. The average Bonchev–Trinajstić information content (AvgIpc) is 2.95. The smallest absolute Gasteiger partial charge is 0.253 e. The van der Waals surface area contributed by atoms with Crippen molar-refractivity contribution in [2.24, 2.45) is 11.7 Å². The summed E-state index contributed by atoms with van der Waals surface area (Å²) in [5, 5.41) is 5.11. The van der Waals surface area contributed by atoms with Gasteiger partial charge in [-0.1, -0.05) is 73.5 Å². The highest BCUT2D eigenvalue weighted by atomic mass is 16.2. The molecule has 3 atom stereocenters. The maximum atomic E-state index is 13.4. The minimum absolute atomic E-state index is 0.0514. The number of nitrogens with one attached hydrogen (secondary N) is 1. The van der Waals surface area contributed by atoms with Crippen LogP contribution in [0.5, 0.6) is 0 Å². The van der Waals surface area contributed by atoms with Crippen molar-refractivity contribution in [1.82, 2.24) is 15.1 Å². The van der Waals surface area contributed by atoms with E-state index in [1.165, 1.54) is 0 Å². The predicted molar refractivity (Wildman–Crippen MR) is 144 cm³/mol. The second kappa shape index (κ2) is 11.1. The van der Waals surface area contributed by atoms with Gasteiger partial charge in [-0.05, 0) is 41.3 Å². The molecule has 1 saturated heterocycles. The van der Waals surface area contributed by atoms with Gasteiger partial charge in [0.25, 0.3) is 5.91 Å². The van der Waals surface area contributed by atoms with Crippen molar-refractivity contribution >= 4 is 28.5 Å². The van der Waals surface area contributed by atoms with Crippen molar-refractivity contribution in [2.75, 3.05) is 26.2 Å². The van der Waals surface area contributed by atoms with Gasteiger partial charge in [0.05, 0.1) is 5.92 Å². The van der Waals surface area contributed by atoms with E-state index in [0.717, 1.165) is 49.5 Å². The van der Waals surface area contributed by atoms with Gasteiger partial charge in [0.15, 0.2) is 0 Å². The van der Waals surface area contributed by atoms with Crippen molar-refractivity contribution in [3.8, 4) is 0 Å². The van der Waals surface area contributed by atoms with Gasteiger partial charge in [0, 0.05) is 37.8 Å². The normalized spacial score (nSPS) is 21.4. The molecular formula is C30H34N4O3. The van der Waals surface area contributed by atoms with E-state index < -0.39 is 11.9 Å². The highest BCUT2D eigenvalue weighted by Crippen LogP contribution is 2.30. The molecule has 7 nitrogen and oxygen atoms in total. The molecule has 192 valence electrons. The Hall–Kier alpha value is -3.71. The Morgan fingerprint density at radius 2 is 1.49 bits per heavy atom. The van der Waals surface area contributed by atoms with E-state index in [-0.39, 0.29) is 23.8 Å². The number of fused-ring (bicyclic) bond motifs is 1. The lowest BCUT2D eigenvalue weighted by Gasteiger charge is -2.44. The van der Waals surface area contributed by atoms with Crippen LogP contribution in [-0.4, -0.2) is 59.7 Å². The van der Waals surface area contributed by atoms with Crippen LogP contribution >= 0.6 is 0 Å². The summed E-state index contributed by atoms with van der Waals surface area (Å²) in [6, 6.07) is 22.3. The fourth-order valence-corrected chi connectivity index (χ4v) is 5.83. The first kappa shape index (κ1) is 25.0. The van der Waals surface area contributed by atoms with E-state index >= 15 is 0 Å². The van der Waals surface area contributed by atoms with Crippen LogP contribution in [0.2, 0.25) is 0 Å². The van der Waals surface area contributed by atoms with E-state index in [2.05, 4.69) is 10.2 Å². The Balaban J connectivity index is 1.23. The summed E-state index contributed by atoms with van der Waals surface area (Å²) in [6.45, 7) is 2.71. The molecular weight excluding hydrogens is 464 g/mol. The molecule has 1 heterocycles. The topological polar surface area (TPSA) is 95.7 Å². The summed E-state index contributed by atoms with van der Waals surface area (Å²) in [5.74, 6) is -0.836. The molecule has 2 aliphatic rings. The fourth-order valence-electron chi connectivity index (χ4n) is 5.83. The summed E-state index contributed by atoms with van der Waals surface area (Å²) in [6.07, 6.45) is 3.78. The lowest BCUT2D eigenvalue weighted by Crippen LogP contribution is -2.56. The molecule has 3 amide bonds. The molecule has 0 radical (unpaired) electrons. The number of nitrogens with two attached hydrogens (primary N) is 1. The summed E-state index contributed by atoms with van der Waals surface area (Å²) in [5.41, 5.74) is 7.04. The minimum atomic E-state index is -0.840. The van der Waals surface area contributed by atoms with E-state index in [0.29, 0.717) is 24.2 Å². The van der Waals surface area contributed by atoms with Crippen LogP contribution in [0.15, 0.2) is 72.8 Å². The van der Waals surface area contributed by atoms with Crippen LogP contribution in [0.25, 0.3) is 10.8 Å². The van der Waals surface area contributed by atoms with Crippen LogP contribution in [-0.2, 0) is 9.59 Å². The van der Waals surface area contributed by atoms with Crippen molar-refractivity contribution in [3.63, 3.8) is 0 Å². The number of carbonyl (C=O) groups excluding carboxylic acids is 3. The maximum Gasteiger partial charge on any atom is 0.253 e.